The molecule has 1 N–H and O–H groups in total. The van der Waals surface area contributed by atoms with Gasteiger partial charge in [0.15, 0.2) is 9.84 Å². The summed E-state index contributed by atoms with van der Waals surface area (Å²) < 4.78 is 24.8. The first-order valence-electron chi connectivity index (χ1n) is 6.49. The van der Waals surface area contributed by atoms with Crippen LogP contribution in [0, 0.1) is 16.0 Å². The average Bonchev–Trinajstić information content (AvgIpc) is 2.38. The standard InChI is InChI=1S/C13H20N2O4S/c1-4-14-11(10(2)3)9-20(18,19)13-8-6-5-7-12(13)15(16)17/h5-8,10-11,14H,4,9H2,1-3H3. The van der Waals surface area contributed by atoms with Crippen LogP contribution >= 0.6 is 0 Å². The number of rotatable bonds is 7. The summed E-state index contributed by atoms with van der Waals surface area (Å²) in [5.74, 6) is -0.0314. The molecule has 0 aliphatic rings. The lowest BCUT2D eigenvalue weighted by Gasteiger charge is -2.21. The second-order valence-corrected chi connectivity index (χ2v) is 6.92. The topological polar surface area (TPSA) is 89.3 Å². The lowest BCUT2D eigenvalue weighted by Crippen LogP contribution is -2.39. The highest BCUT2D eigenvalue weighted by Gasteiger charge is 2.29. The Morgan fingerprint density at radius 2 is 1.90 bits per heavy atom. The summed E-state index contributed by atoms with van der Waals surface area (Å²) in [6, 6.07) is 5.23. The Balaban J connectivity index is 3.14. The highest BCUT2D eigenvalue weighted by molar-refractivity contribution is 7.91. The normalized spacial score (nSPS) is 13.4. The highest BCUT2D eigenvalue weighted by Crippen LogP contribution is 2.25. The average molecular weight is 300 g/mol. The molecule has 0 saturated carbocycles. The number of sulfone groups is 1. The van der Waals surface area contributed by atoms with Crippen molar-refractivity contribution in [3.05, 3.63) is 34.4 Å². The molecule has 1 aromatic rings. The molecule has 6 nitrogen and oxygen atoms in total. The fourth-order valence-electron chi connectivity index (χ4n) is 1.95. The molecular formula is C13H20N2O4S. The molecule has 0 saturated heterocycles. The van der Waals surface area contributed by atoms with E-state index in [0.717, 1.165) is 0 Å². The van der Waals surface area contributed by atoms with Crippen LogP contribution in [0.3, 0.4) is 0 Å². The highest BCUT2D eigenvalue weighted by atomic mass is 32.2. The van der Waals surface area contributed by atoms with E-state index in [0.29, 0.717) is 6.54 Å². The second-order valence-electron chi connectivity index (χ2n) is 4.91. The van der Waals surface area contributed by atoms with Crippen molar-refractivity contribution >= 4 is 15.5 Å². The molecule has 0 bridgehead atoms. The summed E-state index contributed by atoms with van der Waals surface area (Å²) in [5, 5.41) is 14.0. The van der Waals surface area contributed by atoms with Crippen molar-refractivity contribution in [2.24, 2.45) is 5.92 Å². The van der Waals surface area contributed by atoms with Gasteiger partial charge in [0.2, 0.25) is 0 Å². The molecule has 1 aromatic carbocycles. The molecule has 0 amide bonds. The van der Waals surface area contributed by atoms with Gasteiger partial charge in [0.05, 0.1) is 10.7 Å². The first-order valence-corrected chi connectivity index (χ1v) is 8.14. The van der Waals surface area contributed by atoms with Crippen molar-refractivity contribution in [2.75, 3.05) is 12.3 Å². The van der Waals surface area contributed by atoms with Gasteiger partial charge in [-0.15, -0.1) is 0 Å². The molecule has 20 heavy (non-hydrogen) atoms. The largest absolute Gasteiger partial charge is 0.313 e. The first kappa shape index (κ1) is 16.6. The smallest absolute Gasteiger partial charge is 0.287 e. The van der Waals surface area contributed by atoms with Crippen molar-refractivity contribution in [1.29, 1.82) is 0 Å². The Hall–Kier alpha value is -1.47. The monoisotopic (exact) mass is 300 g/mol. The van der Waals surface area contributed by atoms with Crippen LogP contribution in [0.5, 0.6) is 0 Å². The Morgan fingerprint density at radius 1 is 1.30 bits per heavy atom. The summed E-state index contributed by atoms with van der Waals surface area (Å²) >= 11 is 0. The van der Waals surface area contributed by atoms with E-state index < -0.39 is 14.8 Å². The van der Waals surface area contributed by atoms with E-state index in [2.05, 4.69) is 5.32 Å². The van der Waals surface area contributed by atoms with Gasteiger partial charge in [-0.2, -0.15) is 0 Å². The maximum Gasteiger partial charge on any atom is 0.287 e. The van der Waals surface area contributed by atoms with E-state index >= 15 is 0 Å². The zero-order valence-electron chi connectivity index (χ0n) is 11.9. The molecule has 1 atom stereocenters. The van der Waals surface area contributed by atoms with Crippen LogP contribution in [0.4, 0.5) is 5.69 Å². The van der Waals surface area contributed by atoms with E-state index in [1.54, 1.807) is 0 Å². The number of nitrogens with zero attached hydrogens (tertiary/aromatic N) is 1. The summed E-state index contributed by atoms with van der Waals surface area (Å²) in [4.78, 5) is 10.1. The van der Waals surface area contributed by atoms with Gasteiger partial charge in [-0.25, -0.2) is 8.42 Å². The van der Waals surface area contributed by atoms with Gasteiger partial charge in [0.1, 0.15) is 4.90 Å². The summed E-state index contributed by atoms with van der Waals surface area (Å²) in [5.41, 5.74) is -0.369. The molecule has 0 aromatic heterocycles. The third-order valence-corrected chi connectivity index (χ3v) is 4.88. The summed E-state index contributed by atoms with van der Waals surface area (Å²) in [6.07, 6.45) is 0. The van der Waals surface area contributed by atoms with Crippen molar-refractivity contribution in [1.82, 2.24) is 5.32 Å². The molecule has 112 valence electrons. The third kappa shape index (κ3) is 4.01. The van der Waals surface area contributed by atoms with E-state index in [-0.39, 0.29) is 28.3 Å². The number of hydrogen-bond donors (Lipinski definition) is 1. The molecule has 1 unspecified atom stereocenters. The minimum absolute atomic E-state index is 0.118. The van der Waals surface area contributed by atoms with Crippen LogP contribution < -0.4 is 5.32 Å². The van der Waals surface area contributed by atoms with Crippen LogP contribution in [0.25, 0.3) is 0 Å². The molecule has 0 aliphatic carbocycles. The van der Waals surface area contributed by atoms with Gasteiger partial charge < -0.3 is 5.32 Å². The maximum absolute atomic E-state index is 12.4. The molecule has 0 heterocycles. The minimum Gasteiger partial charge on any atom is -0.313 e. The molecule has 7 heteroatoms. The van der Waals surface area contributed by atoms with E-state index in [4.69, 9.17) is 0 Å². The van der Waals surface area contributed by atoms with Gasteiger partial charge in [0.25, 0.3) is 5.69 Å². The fourth-order valence-corrected chi connectivity index (χ4v) is 3.85. The number of benzene rings is 1. The van der Waals surface area contributed by atoms with E-state index in [1.807, 2.05) is 20.8 Å². The lowest BCUT2D eigenvalue weighted by molar-refractivity contribution is -0.387. The summed E-state index contributed by atoms with van der Waals surface area (Å²) in [7, 11) is -3.71. The summed E-state index contributed by atoms with van der Waals surface area (Å²) in [6.45, 7) is 6.38. The first-order chi connectivity index (χ1) is 9.29. The molecule has 0 aliphatic heterocycles. The van der Waals surface area contributed by atoms with Gasteiger partial charge in [-0.3, -0.25) is 10.1 Å². The SMILES string of the molecule is CCNC(CS(=O)(=O)c1ccccc1[N+](=O)[O-])C(C)C. The zero-order valence-corrected chi connectivity index (χ0v) is 12.7. The number of hydrogen-bond acceptors (Lipinski definition) is 5. The molecule has 0 fully saturated rings. The molecule has 0 spiro atoms. The van der Waals surface area contributed by atoms with Crippen molar-refractivity contribution < 1.29 is 13.3 Å². The van der Waals surface area contributed by atoms with Crippen LogP contribution in [-0.4, -0.2) is 31.7 Å². The Bertz CT molecular complexity index is 569. The van der Waals surface area contributed by atoms with Crippen LogP contribution in [0.2, 0.25) is 0 Å². The van der Waals surface area contributed by atoms with Crippen molar-refractivity contribution in [3.63, 3.8) is 0 Å². The molecular weight excluding hydrogens is 280 g/mol. The zero-order chi connectivity index (χ0) is 15.3. The predicted octanol–water partition coefficient (Wildman–Crippen LogP) is 2.00. The third-order valence-electron chi connectivity index (χ3n) is 3.07. The number of nitrogens with one attached hydrogen (secondary N) is 1. The predicted molar refractivity (Wildman–Crippen MR) is 77.5 cm³/mol. The number of nitro groups is 1. The maximum atomic E-state index is 12.4. The molecule has 0 radical (unpaired) electrons. The fraction of sp³-hybridized carbons (Fsp3) is 0.538. The number of para-hydroxylation sites is 1. The van der Waals surface area contributed by atoms with Gasteiger partial charge in [0, 0.05) is 12.1 Å². The van der Waals surface area contributed by atoms with Crippen LogP contribution in [0.1, 0.15) is 20.8 Å². The van der Waals surface area contributed by atoms with Crippen molar-refractivity contribution in [3.8, 4) is 0 Å². The van der Waals surface area contributed by atoms with Crippen LogP contribution in [0.15, 0.2) is 29.2 Å². The Morgan fingerprint density at radius 3 is 2.40 bits per heavy atom. The van der Waals surface area contributed by atoms with Crippen molar-refractivity contribution in [2.45, 2.75) is 31.7 Å². The van der Waals surface area contributed by atoms with E-state index in [9.17, 15) is 18.5 Å². The second kappa shape index (κ2) is 6.81. The van der Waals surface area contributed by atoms with Gasteiger partial charge in [-0.05, 0) is 18.5 Å². The van der Waals surface area contributed by atoms with Gasteiger partial charge in [-0.1, -0.05) is 32.9 Å². The Kier molecular flexibility index (Phi) is 5.64. The van der Waals surface area contributed by atoms with Crippen LogP contribution in [-0.2, 0) is 9.84 Å². The molecule has 1 rings (SSSR count). The Labute approximate surface area is 119 Å². The lowest BCUT2D eigenvalue weighted by atomic mass is 10.1. The number of nitro benzene ring substituents is 1. The van der Waals surface area contributed by atoms with E-state index in [1.165, 1.54) is 24.3 Å². The van der Waals surface area contributed by atoms with Gasteiger partial charge >= 0.3 is 0 Å². The minimum atomic E-state index is -3.71. The quantitative estimate of drug-likeness (QED) is 0.614.